The molecular weight excluding hydrogens is 352 g/mol. The second kappa shape index (κ2) is 8.12. The van der Waals surface area contributed by atoms with Crippen molar-refractivity contribution in [3.8, 4) is 5.75 Å². The van der Waals surface area contributed by atoms with Crippen molar-refractivity contribution < 1.29 is 18.3 Å². The van der Waals surface area contributed by atoms with Crippen molar-refractivity contribution in [1.29, 1.82) is 0 Å². The standard InChI is InChI=1S/C20H26F2N3O2/c21-20(22)4-8-25(9-5-20)7-1-10-27-16-2-3-17-15(12-16)13-18(24-17)19-14-26-11-6-23-19/h2-3,12-13,19,24H,1,4-11,14H2. The average Bonchev–Trinajstić information content (AvgIpc) is 3.10. The molecule has 1 radical (unpaired) electrons. The van der Waals surface area contributed by atoms with Crippen LogP contribution in [0.1, 0.15) is 31.0 Å². The molecule has 1 atom stereocenters. The van der Waals surface area contributed by atoms with Gasteiger partial charge in [-0.05, 0) is 30.7 Å². The number of hydrogen-bond donors (Lipinski definition) is 1. The molecule has 147 valence electrons. The summed E-state index contributed by atoms with van der Waals surface area (Å²) in [6.07, 6.45) is 0.775. The minimum Gasteiger partial charge on any atom is -0.494 e. The number of hydrogen-bond acceptors (Lipinski definition) is 3. The number of aromatic nitrogens is 1. The van der Waals surface area contributed by atoms with E-state index in [4.69, 9.17) is 9.47 Å². The Morgan fingerprint density at radius 3 is 2.89 bits per heavy atom. The summed E-state index contributed by atoms with van der Waals surface area (Å²) in [7, 11) is 0. The zero-order chi connectivity index (χ0) is 18.7. The fourth-order valence-corrected chi connectivity index (χ4v) is 3.69. The zero-order valence-electron chi connectivity index (χ0n) is 15.4. The van der Waals surface area contributed by atoms with Crippen LogP contribution in [0.25, 0.3) is 10.9 Å². The third kappa shape index (κ3) is 4.78. The average molecular weight is 378 g/mol. The van der Waals surface area contributed by atoms with Crippen molar-refractivity contribution >= 4 is 10.9 Å². The largest absolute Gasteiger partial charge is 0.494 e. The number of nitrogens with one attached hydrogen (secondary N) is 1. The van der Waals surface area contributed by atoms with Gasteiger partial charge in [0.05, 0.1) is 25.9 Å². The molecule has 1 unspecified atom stereocenters. The van der Waals surface area contributed by atoms with Crippen molar-refractivity contribution in [2.24, 2.45) is 0 Å². The number of piperidine rings is 1. The van der Waals surface area contributed by atoms with E-state index >= 15 is 0 Å². The van der Waals surface area contributed by atoms with E-state index in [1.165, 1.54) is 0 Å². The van der Waals surface area contributed by atoms with Gasteiger partial charge in [-0.3, -0.25) is 0 Å². The summed E-state index contributed by atoms with van der Waals surface area (Å²) in [5.41, 5.74) is 2.14. The number of rotatable bonds is 6. The van der Waals surface area contributed by atoms with Crippen molar-refractivity contribution in [2.45, 2.75) is 31.2 Å². The molecule has 0 amide bonds. The van der Waals surface area contributed by atoms with Crippen LogP contribution < -0.4 is 10.1 Å². The molecule has 2 aromatic rings. The highest BCUT2D eigenvalue weighted by Crippen LogP contribution is 2.28. The monoisotopic (exact) mass is 378 g/mol. The molecule has 27 heavy (non-hydrogen) atoms. The van der Waals surface area contributed by atoms with Gasteiger partial charge in [-0.1, -0.05) is 0 Å². The molecule has 2 saturated heterocycles. The highest BCUT2D eigenvalue weighted by Gasteiger charge is 2.33. The van der Waals surface area contributed by atoms with Crippen LogP contribution in [-0.4, -0.2) is 61.8 Å². The van der Waals surface area contributed by atoms with Crippen LogP contribution >= 0.6 is 0 Å². The van der Waals surface area contributed by atoms with E-state index in [1.807, 2.05) is 18.2 Å². The highest BCUT2D eigenvalue weighted by atomic mass is 19.3. The van der Waals surface area contributed by atoms with Crippen molar-refractivity contribution in [2.75, 3.05) is 46.0 Å². The Balaban J connectivity index is 1.26. The molecule has 2 fully saturated rings. The number of alkyl halides is 2. The lowest BCUT2D eigenvalue weighted by atomic mass is 10.1. The van der Waals surface area contributed by atoms with E-state index in [-0.39, 0.29) is 18.9 Å². The minimum absolute atomic E-state index is 0.0291. The number of nitrogens with zero attached hydrogens (tertiary/aromatic N) is 2. The van der Waals surface area contributed by atoms with Gasteiger partial charge in [-0.15, -0.1) is 0 Å². The maximum atomic E-state index is 13.2. The Bertz CT molecular complexity index is 749. The molecule has 7 heteroatoms. The van der Waals surface area contributed by atoms with E-state index < -0.39 is 5.92 Å². The SMILES string of the molecule is FC1(F)CCN(CCCOc2ccc3[nH]c(C4COCC[N]4)cc3c2)CC1. The molecule has 2 aliphatic rings. The Labute approximate surface area is 158 Å². The van der Waals surface area contributed by atoms with Crippen LogP contribution in [0.5, 0.6) is 5.75 Å². The summed E-state index contributed by atoms with van der Waals surface area (Å²) in [6.45, 7) is 4.40. The van der Waals surface area contributed by atoms with Gasteiger partial charge in [0.2, 0.25) is 0 Å². The fourth-order valence-electron chi connectivity index (χ4n) is 3.69. The number of morpholine rings is 1. The number of aromatic amines is 1. The molecule has 0 bridgehead atoms. The van der Waals surface area contributed by atoms with Crippen LogP contribution in [0.3, 0.4) is 0 Å². The van der Waals surface area contributed by atoms with Gasteiger partial charge in [-0.2, -0.15) is 0 Å². The summed E-state index contributed by atoms with van der Waals surface area (Å²) in [5.74, 6) is -1.65. The molecule has 1 aromatic heterocycles. The smallest absolute Gasteiger partial charge is 0.250 e. The number of ether oxygens (including phenoxy) is 2. The number of H-pyrrole nitrogens is 1. The van der Waals surface area contributed by atoms with E-state index in [0.717, 1.165) is 41.9 Å². The zero-order valence-corrected chi connectivity index (χ0v) is 15.4. The van der Waals surface area contributed by atoms with Crippen LogP contribution in [-0.2, 0) is 4.74 Å². The molecule has 0 saturated carbocycles. The lowest BCUT2D eigenvalue weighted by Crippen LogP contribution is -2.40. The van der Waals surface area contributed by atoms with Gasteiger partial charge in [0.25, 0.3) is 5.92 Å². The molecule has 0 aliphatic carbocycles. The fraction of sp³-hybridized carbons (Fsp3) is 0.600. The van der Waals surface area contributed by atoms with Gasteiger partial charge in [0.1, 0.15) is 5.75 Å². The topological polar surface area (TPSA) is 51.6 Å². The quantitative estimate of drug-likeness (QED) is 0.785. The third-order valence-electron chi connectivity index (χ3n) is 5.31. The lowest BCUT2D eigenvalue weighted by Gasteiger charge is -2.31. The second-order valence-electron chi connectivity index (χ2n) is 7.37. The summed E-state index contributed by atoms with van der Waals surface area (Å²) in [6, 6.07) is 8.19. The minimum atomic E-state index is -2.48. The maximum Gasteiger partial charge on any atom is 0.250 e. The molecule has 4 rings (SSSR count). The summed E-state index contributed by atoms with van der Waals surface area (Å²) in [4.78, 5) is 5.51. The van der Waals surface area contributed by atoms with Crippen LogP contribution in [0.15, 0.2) is 24.3 Å². The Morgan fingerprint density at radius 1 is 1.26 bits per heavy atom. The molecule has 1 N–H and O–H groups in total. The molecule has 3 heterocycles. The summed E-state index contributed by atoms with van der Waals surface area (Å²) in [5, 5.41) is 5.69. The van der Waals surface area contributed by atoms with Crippen molar-refractivity contribution in [1.82, 2.24) is 15.2 Å². The predicted molar refractivity (Wildman–Crippen MR) is 99.6 cm³/mol. The first-order valence-electron chi connectivity index (χ1n) is 9.69. The number of benzene rings is 1. The van der Waals surface area contributed by atoms with Gasteiger partial charge < -0.3 is 19.4 Å². The third-order valence-corrected chi connectivity index (χ3v) is 5.31. The van der Waals surface area contributed by atoms with Crippen LogP contribution in [0, 0.1) is 0 Å². The molecule has 5 nitrogen and oxygen atoms in total. The summed E-state index contributed by atoms with van der Waals surface area (Å²) < 4.78 is 37.7. The Hall–Kier alpha value is -1.70. The van der Waals surface area contributed by atoms with E-state index in [9.17, 15) is 8.78 Å². The molecule has 0 spiro atoms. The molecule has 1 aromatic carbocycles. The van der Waals surface area contributed by atoms with Gasteiger partial charge >= 0.3 is 0 Å². The molecular formula is C20H26F2N3O2. The first-order chi connectivity index (χ1) is 13.1. The van der Waals surface area contributed by atoms with Crippen LogP contribution in [0.2, 0.25) is 0 Å². The van der Waals surface area contributed by atoms with Crippen LogP contribution in [0.4, 0.5) is 8.78 Å². The first-order valence-corrected chi connectivity index (χ1v) is 9.69. The molecule has 2 aliphatic heterocycles. The van der Waals surface area contributed by atoms with Gasteiger partial charge in [0.15, 0.2) is 0 Å². The number of likely N-dealkylation sites (tertiary alicyclic amines) is 1. The number of halogens is 2. The van der Waals surface area contributed by atoms with Gasteiger partial charge in [0, 0.05) is 55.6 Å². The van der Waals surface area contributed by atoms with Gasteiger partial charge in [-0.25, -0.2) is 14.1 Å². The maximum absolute atomic E-state index is 13.2. The summed E-state index contributed by atoms with van der Waals surface area (Å²) >= 11 is 0. The van der Waals surface area contributed by atoms with E-state index in [0.29, 0.717) is 32.9 Å². The van der Waals surface area contributed by atoms with E-state index in [1.54, 1.807) is 0 Å². The highest BCUT2D eigenvalue weighted by molar-refractivity contribution is 5.82. The lowest BCUT2D eigenvalue weighted by molar-refractivity contribution is -0.0554. The normalized spacial score (nSPS) is 23.6. The predicted octanol–water partition coefficient (Wildman–Crippen LogP) is 3.34. The number of fused-ring (bicyclic) bond motifs is 1. The van der Waals surface area contributed by atoms with Crippen molar-refractivity contribution in [3.63, 3.8) is 0 Å². The van der Waals surface area contributed by atoms with Crippen molar-refractivity contribution in [3.05, 3.63) is 30.0 Å². The first kappa shape index (κ1) is 18.7. The van der Waals surface area contributed by atoms with E-state index in [2.05, 4.69) is 21.3 Å². The Kier molecular flexibility index (Phi) is 5.61. The Morgan fingerprint density at radius 2 is 2.11 bits per heavy atom. The second-order valence-corrected chi connectivity index (χ2v) is 7.37.